The minimum atomic E-state index is -3.32. The molecule has 0 aromatic rings. The molecule has 1 aliphatic rings. The molecule has 1 atom stereocenters. The molecule has 98 valence electrons. The van der Waals surface area contributed by atoms with Gasteiger partial charge in [0.15, 0.2) is 0 Å². The lowest BCUT2D eigenvalue weighted by Crippen LogP contribution is -2.46. The van der Waals surface area contributed by atoms with E-state index < -0.39 is 10.2 Å². The largest absolute Gasteiger partial charge is 0.329 e. The van der Waals surface area contributed by atoms with Gasteiger partial charge in [-0.25, -0.2) is 0 Å². The Bertz CT molecular complexity index is 306. The van der Waals surface area contributed by atoms with Gasteiger partial charge in [0.25, 0.3) is 10.2 Å². The van der Waals surface area contributed by atoms with Gasteiger partial charge in [0, 0.05) is 33.2 Å². The Hall–Kier alpha value is 0.120. The summed E-state index contributed by atoms with van der Waals surface area (Å²) in [7, 11) is -0.107. The van der Waals surface area contributed by atoms with Crippen molar-refractivity contribution in [3.8, 4) is 0 Å². The Morgan fingerprint density at radius 1 is 1.38 bits per heavy atom. The topological polar surface area (TPSA) is 66.6 Å². The molecule has 1 fully saturated rings. The van der Waals surface area contributed by atoms with Crippen molar-refractivity contribution in [2.24, 2.45) is 11.7 Å². The molecule has 0 aromatic heterocycles. The van der Waals surface area contributed by atoms with Crippen molar-refractivity contribution in [3.63, 3.8) is 0 Å². The average Bonchev–Trinajstić information content (AvgIpc) is 2.99. The molecule has 16 heavy (non-hydrogen) atoms. The van der Waals surface area contributed by atoms with Crippen LogP contribution in [-0.2, 0) is 10.2 Å². The molecular weight excluding hydrogens is 250 g/mol. The lowest BCUT2D eigenvalue weighted by Gasteiger charge is -2.28. The number of halogens is 1. The van der Waals surface area contributed by atoms with Gasteiger partial charge in [-0.3, -0.25) is 0 Å². The highest BCUT2D eigenvalue weighted by atomic mass is 35.5. The van der Waals surface area contributed by atoms with Gasteiger partial charge in [0.05, 0.1) is 0 Å². The SMILES string of the molecule is CC(CN)N(C)S(=O)(=O)N(C)CC1CC1.Cl. The molecule has 1 saturated carbocycles. The summed E-state index contributed by atoms with van der Waals surface area (Å²) in [6.45, 7) is 2.78. The van der Waals surface area contributed by atoms with E-state index in [0.717, 1.165) is 12.8 Å². The third-order valence-electron chi connectivity index (χ3n) is 2.93. The normalized spacial score (nSPS) is 18.6. The third-order valence-corrected chi connectivity index (χ3v) is 4.96. The maximum atomic E-state index is 12.0. The van der Waals surface area contributed by atoms with Gasteiger partial charge in [0.1, 0.15) is 0 Å². The molecule has 0 radical (unpaired) electrons. The van der Waals surface area contributed by atoms with E-state index in [1.165, 1.54) is 8.61 Å². The number of hydrogen-bond acceptors (Lipinski definition) is 3. The van der Waals surface area contributed by atoms with Crippen molar-refractivity contribution in [1.29, 1.82) is 0 Å². The zero-order chi connectivity index (χ0) is 11.6. The molecule has 2 N–H and O–H groups in total. The van der Waals surface area contributed by atoms with E-state index in [1.807, 2.05) is 6.92 Å². The standard InChI is InChI=1S/C9H21N3O2S.ClH/c1-8(6-10)12(3)15(13,14)11(2)7-9-4-5-9;/h8-9H,4-7,10H2,1-3H3;1H. The van der Waals surface area contributed by atoms with Crippen LogP contribution in [0.15, 0.2) is 0 Å². The quantitative estimate of drug-likeness (QED) is 0.754. The van der Waals surface area contributed by atoms with E-state index >= 15 is 0 Å². The lowest BCUT2D eigenvalue weighted by atomic mass is 10.4. The van der Waals surface area contributed by atoms with Crippen LogP contribution >= 0.6 is 12.4 Å². The van der Waals surface area contributed by atoms with E-state index in [9.17, 15) is 8.42 Å². The highest BCUT2D eigenvalue weighted by Gasteiger charge is 2.31. The molecule has 0 spiro atoms. The molecular formula is C9H22ClN3O2S. The summed E-state index contributed by atoms with van der Waals surface area (Å²) in [5.74, 6) is 0.561. The summed E-state index contributed by atoms with van der Waals surface area (Å²) in [6, 6.07) is -0.156. The fourth-order valence-corrected chi connectivity index (χ4v) is 2.73. The smallest absolute Gasteiger partial charge is 0.281 e. The van der Waals surface area contributed by atoms with E-state index in [1.54, 1.807) is 14.1 Å². The lowest BCUT2D eigenvalue weighted by molar-refractivity contribution is 0.344. The maximum Gasteiger partial charge on any atom is 0.281 e. The Balaban J connectivity index is 0.00000225. The molecule has 0 saturated heterocycles. The minimum Gasteiger partial charge on any atom is -0.329 e. The maximum absolute atomic E-state index is 12.0. The van der Waals surface area contributed by atoms with Crippen LogP contribution in [0.1, 0.15) is 19.8 Å². The minimum absolute atomic E-state index is 0. The van der Waals surface area contributed by atoms with Gasteiger partial charge in [-0.05, 0) is 25.7 Å². The predicted octanol–water partition coefficient (Wildman–Crippen LogP) is 0.274. The molecule has 0 amide bonds. The zero-order valence-electron chi connectivity index (χ0n) is 10.1. The summed E-state index contributed by atoms with van der Waals surface area (Å²) >= 11 is 0. The first-order chi connectivity index (χ1) is 6.89. The first kappa shape index (κ1) is 16.1. The van der Waals surface area contributed by atoms with Crippen LogP contribution in [0.5, 0.6) is 0 Å². The summed E-state index contributed by atoms with van der Waals surface area (Å²) in [5, 5.41) is 0. The molecule has 0 aliphatic heterocycles. The molecule has 1 unspecified atom stereocenters. The molecule has 7 heteroatoms. The van der Waals surface area contributed by atoms with Crippen molar-refractivity contribution in [2.75, 3.05) is 27.2 Å². The third kappa shape index (κ3) is 3.85. The van der Waals surface area contributed by atoms with Crippen LogP contribution in [0, 0.1) is 5.92 Å². The number of nitrogens with zero attached hydrogens (tertiary/aromatic N) is 2. The summed E-state index contributed by atoms with van der Waals surface area (Å²) in [6.07, 6.45) is 2.30. The second-order valence-electron chi connectivity index (χ2n) is 4.33. The molecule has 0 aromatic carbocycles. The molecule has 1 rings (SSSR count). The fraction of sp³-hybridized carbons (Fsp3) is 1.00. The van der Waals surface area contributed by atoms with Crippen molar-refractivity contribution in [2.45, 2.75) is 25.8 Å². The first-order valence-electron chi connectivity index (χ1n) is 5.29. The summed E-state index contributed by atoms with van der Waals surface area (Å²) in [4.78, 5) is 0. The monoisotopic (exact) mass is 271 g/mol. The molecule has 0 bridgehead atoms. The number of rotatable bonds is 6. The van der Waals surface area contributed by atoms with Gasteiger partial charge in [-0.1, -0.05) is 0 Å². The van der Waals surface area contributed by atoms with Crippen molar-refractivity contribution in [1.82, 2.24) is 8.61 Å². The van der Waals surface area contributed by atoms with Crippen LogP contribution in [-0.4, -0.2) is 50.3 Å². The number of nitrogens with two attached hydrogens (primary N) is 1. The predicted molar refractivity (Wildman–Crippen MR) is 67.8 cm³/mol. The molecule has 0 heterocycles. The van der Waals surface area contributed by atoms with Gasteiger partial charge < -0.3 is 5.73 Å². The molecule has 5 nitrogen and oxygen atoms in total. The van der Waals surface area contributed by atoms with E-state index in [-0.39, 0.29) is 18.4 Å². The number of hydrogen-bond donors (Lipinski definition) is 1. The van der Waals surface area contributed by atoms with Crippen LogP contribution < -0.4 is 5.73 Å². The van der Waals surface area contributed by atoms with Crippen molar-refractivity contribution in [3.05, 3.63) is 0 Å². The highest BCUT2D eigenvalue weighted by molar-refractivity contribution is 7.86. The molecule has 1 aliphatic carbocycles. The summed E-state index contributed by atoms with van der Waals surface area (Å²) < 4.78 is 26.8. The Morgan fingerprint density at radius 2 is 1.88 bits per heavy atom. The van der Waals surface area contributed by atoms with Gasteiger partial charge >= 0.3 is 0 Å². The van der Waals surface area contributed by atoms with Crippen molar-refractivity contribution >= 4 is 22.6 Å². The van der Waals surface area contributed by atoms with E-state index in [4.69, 9.17) is 5.73 Å². The van der Waals surface area contributed by atoms with Gasteiger partial charge in [-0.2, -0.15) is 17.0 Å². The van der Waals surface area contributed by atoms with E-state index in [2.05, 4.69) is 0 Å². The van der Waals surface area contributed by atoms with E-state index in [0.29, 0.717) is 19.0 Å². The summed E-state index contributed by atoms with van der Waals surface area (Å²) in [5.41, 5.74) is 5.46. The van der Waals surface area contributed by atoms with Gasteiger partial charge in [-0.15, -0.1) is 12.4 Å². The average molecular weight is 272 g/mol. The van der Waals surface area contributed by atoms with Crippen LogP contribution in [0.4, 0.5) is 0 Å². The second kappa shape index (κ2) is 6.16. The van der Waals surface area contributed by atoms with Crippen LogP contribution in [0.25, 0.3) is 0 Å². The van der Waals surface area contributed by atoms with Crippen LogP contribution in [0.2, 0.25) is 0 Å². The first-order valence-corrected chi connectivity index (χ1v) is 6.68. The van der Waals surface area contributed by atoms with Gasteiger partial charge in [0.2, 0.25) is 0 Å². The second-order valence-corrected chi connectivity index (χ2v) is 6.43. The number of likely N-dealkylation sites (N-methyl/N-ethyl adjacent to an activating group) is 1. The zero-order valence-corrected chi connectivity index (χ0v) is 11.7. The fourth-order valence-electron chi connectivity index (χ4n) is 1.35. The Labute approximate surface area is 105 Å². The highest BCUT2D eigenvalue weighted by Crippen LogP contribution is 2.30. The van der Waals surface area contributed by atoms with Crippen LogP contribution in [0.3, 0.4) is 0 Å². The van der Waals surface area contributed by atoms with Crippen molar-refractivity contribution < 1.29 is 8.42 Å². The Morgan fingerprint density at radius 3 is 2.25 bits per heavy atom. The Kier molecular flexibility index (Phi) is 6.21.